The summed E-state index contributed by atoms with van der Waals surface area (Å²) in [7, 11) is 0. The van der Waals surface area contributed by atoms with E-state index in [9.17, 15) is 9.90 Å². The number of aliphatic hydroxyl groups excluding tert-OH is 1. The average Bonchev–Trinajstić information content (AvgIpc) is 3.12. The van der Waals surface area contributed by atoms with Crippen LogP contribution in [0.5, 0.6) is 0 Å². The van der Waals surface area contributed by atoms with E-state index in [0.29, 0.717) is 23.5 Å². The van der Waals surface area contributed by atoms with E-state index in [-0.39, 0.29) is 23.8 Å². The third kappa shape index (κ3) is 2.12. The molecule has 1 fully saturated rings. The lowest BCUT2D eigenvalue weighted by atomic mass is 10.2. The fraction of sp³-hybridized carbons (Fsp3) is 0.375. The van der Waals surface area contributed by atoms with E-state index < -0.39 is 0 Å². The number of nitrogens with one attached hydrogen (secondary N) is 1. The number of hydrogen-bond acceptors (Lipinski definition) is 5. The Morgan fingerprint density at radius 2 is 2.27 bits per heavy atom. The van der Waals surface area contributed by atoms with Crippen molar-refractivity contribution in [3.05, 3.63) is 40.4 Å². The van der Waals surface area contributed by atoms with Gasteiger partial charge in [0.1, 0.15) is 16.9 Å². The first-order valence-electron chi connectivity index (χ1n) is 7.51. The Morgan fingerprint density at radius 1 is 1.41 bits per heavy atom. The van der Waals surface area contributed by atoms with E-state index in [2.05, 4.69) is 14.9 Å². The van der Waals surface area contributed by atoms with Crippen molar-refractivity contribution in [3.63, 3.8) is 0 Å². The highest BCUT2D eigenvalue weighted by atomic mass is 16.3. The van der Waals surface area contributed by atoms with Crippen LogP contribution in [0.3, 0.4) is 0 Å². The summed E-state index contributed by atoms with van der Waals surface area (Å²) in [6.07, 6.45) is 2.05. The van der Waals surface area contributed by atoms with E-state index in [0.717, 1.165) is 24.8 Å². The number of aromatic nitrogens is 2. The molecule has 0 radical (unpaired) electrons. The van der Waals surface area contributed by atoms with Gasteiger partial charge >= 0.3 is 0 Å². The molecule has 0 spiro atoms. The van der Waals surface area contributed by atoms with E-state index in [1.165, 1.54) is 0 Å². The summed E-state index contributed by atoms with van der Waals surface area (Å²) in [6, 6.07) is 7.67. The van der Waals surface area contributed by atoms with Crippen molar-refractivity contribution in [2.75, 3.05) is 13.2 Å². The number of furan rings is 1. The lowest BCUT2D eigenvalue weighted by molar-refractivity contribution is 0.151. The minimum absolute atomic E-state index is 0.140. The minimum Gasteiger partial charge on any atom is -0.449 e. The molecule has 114 valence electrons. The monoisotopic (exact) mass is 299 g/mol. The van der Waals surface area contributed by atoms with Gasteiger partial charge in [-0.15, -0.1) is 0 Å². The van der Waals surface area contributed by atoms with Gasteiger partial charge in [0.25, 0.3) is 5.56 Å². The SMILES string of the molecule is O=c1[nH]c(CN2CCC[C@@H]2CO)nc2c1oc1ccccc12. The minimum atomic E-state index is -0.254. The van der Waals surface area contributed by atoms with Crippen LogP contribution in [0.2, 0.25) is 0 Å². The summed E-state index contributed by atoms with van der Waals surface area (Å²) in [5.74, 6) is 0.615. The van der Waals surface area contributed by atoms with Gasteiger partial charge in [-0.25, -0.2) is 4.98 Å². The highest BCUT2D eigenvalue weighted by molar-refractivity contribution is 6.01. The molecule has 1 aliphatic rings. The molecule has 0 saturated carbocycles. The second-order valence-electron chi connectivity index (χ2n) is 5.74. The molecule has 0 aliphatic carbocycles. The fourth-order valence-electron chi connectivity index (χ4n) is 3.22. The molecule has 3 aromatic rings. The standard InChI is InChI=1S/C16H17N3O3/c20-9-10-4-3-7-19(10)8-13-17-14-11-5-1-2-6-12(11)22-15(14)16(21)18-13/h1-2,5-6,10,20H,3-4,7-9H2,(H,17,18,21)/t10-/m1/s1. The Morgan fingerprint density at radius 3 is 3.14 bits per heavy atom. The predicted molar refractivity (Wildman–Crippen MR) is 82.7 cm³/mol. The van der Waals surface area contributed by atoms with Gasteiger partial charge in [-0.3, -0.25) is 9.69 Å². The molecule has 0 unspecified atom stereocenters. The summed E-state index contributed by atoms with van der Waals surface area (Å²) >= 11 is 0. The van der Waals surface area contributed by atoms with E-state index in [4.69, 9.17) is 4.42 Å². The van der Waals surface area contributed by atoms with Crippen LogP contribution in [-0.4, -0.2) is 39.2 Å². The zero-order chi connectivity index (χ0) is 15.1. The third-order valence-electron chi connectivity index (χ3n) is 4.34. The molecular formula is C16H17N3O3. The summed E-state index contributed by atoms with van der Waals surface area (Å²) in [6.45, 7) is 1.59. The van der Waals surface area contributed by atoms with Crippen LogP contribution in [0, 0.1) is 0 Å². The van der Waals surface area contributed by atoms with Crippen LogP contribution in [0.15, 0.2) is 33.5 Å². The van der Waals surface area contributed by atoms with Crippen LogP contribution in [-0.2, 0) is 6.54 Å². The second-order valence-corrected chi connectivity index (χ2v) is 5.74. The van der Waals surface area contributed by atoms with Crippen molar-refractivity contribution in [2.45, 2.75) is 25.4 Å². The fourth-order valence-corrected chi connectivity index (χ4v) is 3.22. The van der Waals surface area contributed by atoms with Crippen LogP contribution in [0.1, 0.15) is 18.7 Å². The zero-order valence-electron chi connectivity index (χ0n) is 12.1. The van der Waals surface area contributed by atoms with E-state index in [1.54, 1.807) is 0 Å². The lowest BCUT2D eigenvalue weighted by Gasteiger charge is -2.21. The average molecular weight is 299 g/mol. The van der Waals surface area contributed by atoms with Gasteiger partial charge in [-0.1, -0.05) is 12.1 Å². The maximum atomic E-state index is 12.2. The van der Waals surface area contributed by atoms with Gasteiger partial charge in [0, 0.05) is 11.4 Å². The van der Waals surface area contributed by atoms with E-state index in [1.807, 2.05) is 24.3 Å². The highest BCUT2D eigenvalue weighted by Gasteiger charge is 2.24. The van der Waals surface area contributed by atoms with Crippen LogP contribution in [0.25, 0.3) is 22.1 Å². The molecule has 0 amide bonds. The molecule has 22 heavy (non-hydrogen) atoms. The maximum Gasteiger partial charge on any atom is 0.294 e. The molecule has 3 heterocycles. The normalized spacial score (nSPS) is 19.4. The molecule has 0 bridgehead atoms. The Balaban J connectivity index is 1.79. The lowest BCUT2D eigenvalue weighted by Crippen LogP contribution is -2.32. The van der Waals surface area contributed by atoms with Gasteiger partial charge in [0.2, 0.25) is 5.58 Å². The first-order chi connectivity index (χ1) is 10.8. The van der Waals surface area contributed by atoms with Gasteiger partial charge in [0.05, 0.1) is 13.2 Å². The highest BCUT2D eigenvalue weighted by Crippen LogP contribution is 2.25. The molecule has 1 saturated heterocycles. The van der Waals surface area contributed by atoms with Crippen molar-refractivity contribution in [1.82, 2.24) is 14.9 Å². The number of likely N-dealkylation sites (tertiary alicyclic amines) is 1. The molecule has 6 nitrogen and oxygen atoms in total. The second kappa shape index (κ2) is 5.23. The molecule has 2 N–H and O–H groups in total. The van der Waals surface area contributed by atoms with Gasteiger partial charge < -0.3 is 14.5 Å². The first kappa shape index (κ1) is 13.5. The van der Waals surface area contributed by atoms with Gasteiger partial charge in [0.15, 0.2) is 0 Å². The van der Waals surface area contributed by atoms with Gasteiger partial charge in [-0.2, -0.15) is 0 Å². The number of fused-ring (bicyclic) bond motifs is 3. The summed E-state index contributed by atoms with van der Waals surface area (Å²) in [5.41, 5.74) is 1.29. The topological polar surface area (TPSA) is 82.4 Å². The molecule has 4 rings (SSSR count). The number of nitrogens with zero attached hydrogens (tertiary/aromatic N) is 2. The molecular weight excluding hydrogens is 282 g/mol. The predicted octanol–water partition coefficient (Wildman–Crippen LogP) is 1.63. The van der Waals surface area contributed by atoms with Crippen molar-refractivity contribution >= 4 is 22.1 Å². The van der Waals surface area contributed by atoms with Gasteiger partial charge in [-0.05, 0) is 31.5 Å². The number of hydrogen-bond donors (Lipinski definition) is 2. The molecule has 1 aromatic carbocycles. The number of benzene rings is 1. The first-order valence-corrected chi connectivity index (χ1v) is 7.51. The third-order valence-corrected chi connectivity index (χ3v) is 4.34. The smallest absolute Gasteiger partial charge is 0.294 e. The number of rotatable bonds is 3. The summed E-state index contributed by atoms with van der Waals surface area (Å²) in [4.78, 5) is 21.8. The number of para-hydroxylation sites is 1. The molecule has 1 aliphatic heterocycles. The molecule has 6 heteroatoms. The van der Waals surface area contributed by atoms with Crippen molar-refractivity contribution in [1.29, 1.82) is 0 Å². The number of aliphatic hydroxyl groups is 1. The Bertz CT molecular complexity index is 883. The quantitative estimate of drug-likeness (QED) is 0.768. The van der Waals surface area contributed by atoms with Crippen molar-refractivity contribution < 1.29 is 9.52 Å². The summed E-state index contributed by atoms with van der Waals surface area (Å²) in [5, 5.41) is 10.3. The Kier molecular flexibility index (Phi) is 3.20. The van der Waals surface area contributed by atoms with Crippen LogP contribution >= 0.6 is 0 Å². The number of H-pyrrole nitrogens is 1. The molecule has 2 aromatic heterocycles. The Labute approximate surface area is 126 Å². The number of aromatic amines is 1. The van der Waals surface area contributed by atoms with Crippen LogP contribution < -0.4 is 5.56 Å². The Hall–Kier alpha value is -2.18. The van der Waals surface area contributed by atoms with E-state index >= 15 is 0 Å². The summed E-state index contributed by atoms with van der Waals surface area (Å²) < 4.78 is 5.59. The maximum absolute atomic E-state index is 12.2. The molecule has 1 atom stereocenters. The zero-order valence-corrected chi connectivity index (χ0v) is 12.1. The van der Waals surface area contributed by atoms with Crippen molar-refractivity contribution in [3.8, 4) is 0 Å². The largest absolute Gasteiger partial charge is 0.449 e. The van der Waals surface area contributed by atoms with Crippen LogP contribution in [0.4, 0.5) is 0 Å². The van der Waals surface area contributed by atoms with Crippen molar-refractivity contribution in [2.24, 2.45) is 0 Å².